The molecule has 1 rings (SSSR count). The zero-order valence-electron chi connectivity index (χ0n) is 7.33. The second-order valence-electron chi connectivity index (χ2n) is 2.83. The summed E-state index contributed by atoms with van der Waals surface area (Å²) in [5.74, 6) is -0.997. The quantitative estimate of drug-likeness (QED) is 0.759. The molecule has 0 bridgehead atoms. The highest BCUT2D eigenvalue weighted by Crippen LogP contribution is 2.32. The molecular formula is C10H11ClO2. The Morgan fingerprint density at radius 2 is 2.00 bits per heavy atom. The SMILES string of the molecule is CC[C@@](Cl)(C(=O)O)c1ccccc1. The molecule has 13 heavy (non-hydrogen) atoms. The van der Waals surface area contributed by atoms with Gasteiger partial charge in [-0.15, -0.1) is 11.6 Å². The highest BCUT2D eigenvalue weighted by Gasteiger charge is 2.35. The maximum absolute atomic E-state index is 10.9. The fourth-order valence-electron chi connectivity index (χ4n) is 1.18. The van der Waals surface area contributed by atoms with Crippen LogP contribution in [0.25, 0.3) is 0 Å². The van der Waals surface area contributed by atoms with Gasteiger partial charge in [-0.05, 0) is 12.0 Å². The third kappa shape index (κ3) is 1.83. The van der Waals surface area contributed by atoms with Crippen molar-refractivity contribution in [2.75, 3.05) is 0 Å². The van der Waals surface area contributed by atoms with Crippen LogP contribution in [0.15, 0.2) is 30.3 Å². The molecular weight excluding hydrogens is 188 g/mol. The van der Waals surface area contributed by atoms with Gasteiger partial charge in [0.25, 0.3) is 0 Å². The van der Waals surface area contributed by atoms with Crippen molar-refractivity contribution < 1.29 is 9.90 Å². The molecule has 0 aliphatic carbocycles. The van der Waals surface area contributed by atoms with E-state index in [0.717, 1.165) is 0 Å². The average Bonchev–Trinajstić information content (AvgIpc) is 2.17. The van der Waals surface area contributed by atoms with E-state index in [1.165, 1.54) is 0 Å². The highest BCUT2D eigenvalue weighted by atomic mass is 35.5. The van der Waals surface area contributed by atoms with E-state index in [1.807, 2.05) is 6.07 Å². The Labute approximate surface area is 82.2 Å². The molecule has 0 spiro atoms. The Morgan fingerprint density at radius 1 is 1.46 bits per heavy atom. The summed E-state index contributed by atoms with van der Waals surface area (Å²) in [6.45, 7) is 1.76. The summed E-state index contributed by atoms with van der Waals surface area (Å²) < 4.78 is 0. The van der Waals surface area contributed by atoms with E-state index in [9.17, 15) is 4.79 Å². The van der Waals surface area contributed by atoms with Crippen molar-refractivity contribution >= 4 is 17.6 Å². The summed E-state index contributed by atoms with van der Waals surface area (Å²) in [5.41, 5.74) is 0.631. The van der Waals surface area contributed by atoms with Crippen molar-refractivity contribution in [1.82, 2.24) is 0 Å². The average molecular weight is 199 g/mol. The molecule has 0 radical (unpaired) electrons. The molecule has 0 amide bonds. The lowest BCUT2D eigenvalue weighted by atomic mass is 9.96. The maximum atomic E-state index is 10.9. The Hall–Kier alpha value is -1.02. The molecule has 0 saturated heterocycles. The highest BCUT2D eigenvalue weighted by molar-refractivity contribution is 6.33. The molecule has 0 unspecified atom stereocenters. The fourth-order valence-corrected chi connectivity index (χ4v) is 1.31. The number of benzene rings is 1. The van der Waals surface area contributed by atoms with Gasteiger partial charge in [0, 0.05) is 0 Å². The first-order valence-electron chi connectivity index (χ1n) is 4.09. The fraction of sp³-hybridized carbons (Fsp3) is 0.300. The molecule has 0 aliphatic heterocycles. The summed E-state index contributed by atoms with van der Waals surface area (Å²) in [5, 5.41) is 8.95. The Balaban J connectivity index is 3.11. The molecule has 1 atom stereocenters. The molecule has 70 valence electrons. The topological polar surface area (TPSA) is 37.3 Å². The van der Waals surface area contributed by atoms with Crippen molar-refractivity contribution in [2.24, 2.45) is 0 Å². The van der Waals surface area contributed by atoms with Crippen LogP contribution >= 0.6 is 11.6 Å². The lowest BCUT2D eigenvalue weighted by molar-refractivity contribution is -0.140. The van der Waals surface area contributed by atoms with Crippen molar-refractivity contribution in [3.05, 3.63) is 35.9 Å². The van der Waals surface area contributed by atoms with E-state index in [-0.39, 0.29) is 0 Å². The minimum Gasteiger partial charge on any atom is -0.480 e. The zero-order chi connectivity index (χ0) is 9.90. The third-order valence-electron chi connectivity index (χ3n) is 2.06. The van der Waals surface area contributed by atoms with Gasteiger partial charge in [0.2, 0.25) is 0 Å². The summed E-state index contributed by atoms with van der Waals surface area (Å²) in [6, 6.07) is 8.85. The van der Waals surface area contributed by atoms with Crippen molar-refractivity contribution in [1.29, 1.82) is 0 Å². The molecule has 0 aromatic heterocycles. The van der Waals surface area contributed by atoms with Gasteiger partial charge < -0.3 is 5.11 Å². The van der Waals surface area contributed by atoms with Gasteiger partial charge >= 0.3 is 5.97 Å². The Kier molecular flexibility index (Phi) is 2.94. The molecule has 0 saturated carbocycles. The van der Waals surface area contributed by atoms with Crippen LogP contribution in [0.4, 0.5) is 0 Å². The number of rotatable bonds is 3. The van der Waals surface area contributed by atoms with Crippen LogP contribution in [0, 0.1) is 0 Å². The molecule has 3 heteroatoms. The van der Waals surface area contributed by atoms with E-state index in [2.05, 4.69) is 0 Å². The van der Waals surface area contributed by atoms with E-state index in [1.54, 1.807) is 31.2 Å². The first kappa shape index (κ1) is 10.1. The van der Waals surface area contributed by atoms with Crippen LogP contribution < -0.4 is 0 Å². The minimum atomic E-state index is -1.28. The van der Waals surface area contributed by atoms with Crippen LogP contribution in [0.1, 0.15) is 18.9 Å². The Morgan fingerprint density at radius 3 is 2.38 bits per heavy atom. The summed E-state index contributed by atoms with van der Waals surface area (Å²) >= 11 is 5.98. The predicted molar refractivity (Wildman–Crippen MR) is 51.9 cm³/mol. The van der Waals surface area contributed by atoms with Gasteiger partial charge in [0.05, 0.1) is 0 Å². The number of carboxylic acid groups (broad SMARTS) is 1. The van der Waals surface area contributed by atoms with Crippen LogP contribution in [-0.2, 0) is 9.67 Å². The number of alkyl halides is 1. The first-order valence-corrected chi connectivity index (χ1v) is 4.47. The monoisotopic (exact) mass is 198 g/mol. The molecule has 0 aliphatic rings. The maximum Gasteiger partial charge on any atom is 0.329 e. The molecule has 2 nitrogen and oxygen atoms in total. The number of hydrogen-bond acceptors (Lipinski definition) is 1. The Bertz CT molecular complexity index is 297. The van der Waals surface area contributed by atoms with Crippen molar-refractivity contribution in [3.63, 3.8) is 0 Å². The molecule has 0 heterocycles. The number of carbonyl (C=O) groups is 1. The second kappa shape index (κ2) is 3.79. The third-order valence-corrected chi connectivity index (χ3v) is 2.70. The van der Waals surface area contributed by atoms with Crippen LogP contribution in [0.5, 0.6) is 0 Å². The molecule has 1 aromatic carbocycles. The first-order chi connectivity index (χ1) is 6.11. The van der Waals surface area contributed by atoms with Crippen LogP contribution in [0.2, 0.25) is 0 Å². The predicted octanol–water partition coefficient (Wildman–Crippen LogP) is 2.62. The van der Waals surface area contributed by atoms with E-state index >= 15 is 0 Å². The molecule has 1 aromatic rings. The number of carboxylic acids is 1. The van der Waals surface area contributed by atoms with Crippen molar-refractivity contribution in [2.45, 2.75) is 18.2 Å². The number of aliphatic carboxylic acids is 1. The second-order valence-corrected chi connectivity index (χ2v) is 3.47. The largest absolute Gasteiger partial charge is 0.480 e. The number of hydrogen-bond donors (Lipinski definition) is 1. The van der Waals surface area contributed by atoms with E-state index in [4.69, 9.17) is 16.7 Å². The van der Waals surface area contributed by atoms with E-state index in [0.29, 0.717) is 12.0 Å². The van der Waals surface area contributed by atoms with Gasteiger partial charge in [0.15, 0.2) is 4.87 Å². The van der Waals surface area contributed by atoms with Crippen LogP contribution in [-0.4, -0.2) is 11.1 Å². The lowest BCUT2D eigenvalue weighted by Gasteiger charge is -2.20. The smallest absolute Gasteiger partial charge is 0.329 e. The van der Waals surface area contributed by atoms with Gasteiger partial charge in [-0.2, -0.15) is 0 Å². The summed E-state index contributed by atoms with van der Waals surface area (Å²) in [7, 11) is 0. The molecule has 0 fully saturated rings. The summed E-state index contributed by atoms with van der Waals surface area (Å²) in [6.07, 6.45) is 0.369. The van der Waals surface area contributed by atoms with Gasteiger partial charge in [-0.3, -0.25) is 0 Å². The van der Waals surface area contributed by atoms with E-state index < -0.39 is 10.8 Å². The molecule has 1 N–H and O–H groups in total. The van der Waals surface area contributed by atoms with Crippen LogP contribution in [0.3, 0.4) is 0 Å². The summed E-state index contributed by atoms with van der Waals surface area (Å²) in [4.78, 5) is 9.64. The lowest BCUT2D eigenvalue weighted by Crippen LogP contribution is -2.28. The zero-order valence-corrected chi connectivity index (χ0v) is 8.08. The number of halogens is 1. The normalized spacial score (nSPS) is 14.9. The van der Waals surface area contributed by atoms with Gasteiger partial charge in [-0.1, -0.05) is 37.3 Å². The standard InChI is InChI=1S/C10H11ClO2/c1-2-10(11,9(12)13)8-6-4-3-5-7-8/h3-7H,2H2,1H3,(H,12,13)/t10-/m0/s1. The van der Waals surface area contributed by atoms with Gasteiger partial charge in [0.1, 0.15) is 0 Å². The van der Waals surface area contributed by atoms with Gasteiger partial charge in [-0.25, -0.2) is 4.79 Å². The minimum absolute atomic E-state index is 0.369. The van der Waals surface area contributed by atoms with Crippen molar-refractivity contribution in [3.8, 4) is 0 Å².